The number of aromatic nitrogens is 1. The summed E-state index contributed by atoms with van der Waals surface area (Å²) in [5.74, 6) is 1.15. The smallest absolute Gasteiger partial charge is 0.270 e. The number of hydrogen-bond donors (Lipinski definition) is 1. The number of oxazole rings is 1. The molecule has 0 bridgehead atoms. The van der Waals surface area contributed by atoms with E-state index in [0.29, 0.717) is 18.0 Å². The highest BCUT2D eigenvalue weighted by Crippen LogP contribution is 2.37. The summed E-state index contributed by atoms with van der Waals surface area (Å²) in [4.78, 5) is 22.6. The van der Waals surface area contributed by atoms with E-state index in [1.54, 1.807) is 6.20 Å². The summed E-state index contributed by atoms with van der Waals surface area (Å²) in [6, 6.07) is 15.8. The first-order chi connectivity index (χ1) is 17.5. The van der Waals surface area contributed by atoms with Crippen molar-refractivity contribution in [1.29, 1.82) is 0 Å². The number of rotatable bonds is 4. The number of likely N-dealkylation sites (N-methyl/N-ethyl adjacent to an activating group) is 1. The lowest BCUT2D eigenvalue weighted by Gasteiger charge is -2.35. The molecule has 1 fully saturated rings. The Hall–Kier alpha value is -3.55. The highest BCUT2D eigenvalue weighted by Gasteiger charge is 2.26. The average molecular weight is 502 g/mol. The fourth-order valence-electron chi connectivity index (χ4n) is 5.16. The van der Waals surface area contributed by atoms with E-state index in [9.17, 15) is 4.79 Å². The van der Waals surface area contributed by atoms with Crippen molar-refractivity contribution in [3.05, 3.63) is 76.6 Å². The monoisotopic (exact) mass is 501 g/mol. The van der Waals surface area contributed by atoms with Crippen LogP contribution in [-0.4, -0.2) is 55.6 Å². The SMILES string of the molecule is Cc1cnc(-c2cccc3c(C(=O)NN4CCc5cc(Cl)c(N6CCN(C)CC6)cc54)cccc23)o1. The molecule has 184 valence electrons. The predicted molar refractivity (Wildman–Crippen MR) is 144 cm³/mol. The van der Waals surface area contributed by atoms with Crippen molar-refractivity contribution >= 4 is 39.7 Å². The van der Waals surface area contributed by atoms with Gasteiger partial charge in [0, 0.05) is 43.9 Å². The van der Waals surface area contributed by atoms with Gasteiger partial charge in [-0.15, -0.1) is 0 Å². The molecular weight excluding hydrogens is 474 g/mol. The molecule has 1 saturated heterocycles. The number of aryl methyl sites for hydroxylation is 1. The molecule has 0 spiro atoms. The molecule has 7 nitrogen and oxygen atoms in total. The van der Waals surface area contributed by atoms with Gasteiger partial charge in [0.25, 0.3) is 5.91 Å². The Bertz CT molecular complexity index is 1460. The summed E-state index contributed by atoms with van der Waals surface area (Å²) >= 11 is 6.69. The molecule has 0 unspecified atom stereocenters. The lowest BCUT2D eigenvalue weighted by molar-refractivity contribution is 0.0951. The Labute approximate surface area is 215 Å². The number of nitrogens with zero attached hydrogens (tertiary/aromatic N) is 4. The fourth-order valence-corrected chi connectivity index (χ4v) is 5.46. The highest BCUT2D eigenvalue weighted by molar-refractivity contribution is 6.33. The van der Waals surface area contributed by atoms with E-state index in [2.05, 4.69) is 39.4 Å². The number of halogens is 1. The molecule has 2 aliphatic heterocycles. The van der Waals surface area contributed by atoms with Crippen molar-refractivity contribution in [1.82, 2.24) is 15.3 Å². The van der Waals surface area contributed by atoms with Gasteiger partial charge in [-0.2, -0.15) is 0 Å². The van der Waals surface area contributed by atoms with Gasteiger partial charge >= 0.3 is 0 Å². The minimum Gasteiger partial charge on any atom is -0.441 e. The summed E-state index contributed by atoms with van der Waals surface area (Å²) in [5.41, 5.74) is 7.82. The molecule has 6 rings (SSSR count). The van der Waals surface area contributed by atoms with E-state index in [4.69, 9.17) is 16.0 Å². The summed E-state index contributed by atoms with van der Waals surface area (Å²) in [6.45, 7) is 6.45. The second-order valence-corrected chi connectivity index (χ2v) is 9.95. The van der Waals surface area contributed by atoms with Crippen LogP contribution in [-0.2, 0) is 6.42 Å². The van der Waals surface area contributed by atoms with E-state index >= 15 is 0 Å². The van der Waals surface area contributed by atoms with Crippen LogP contribution in [0.5, 0.6) is 0 Å². The van der Waals surface area contributed by atoms with Crippen LogP contribution in [0.15, 0.2) is 59.1 Å². The third-order valence-corrected chi connectivity index (χ3v) is 7.45. The van der Waals surface area contributed by atoms with Gasteiger partial charge < -0.3 is 14.2 Å². The zero-order valence-electron chi connectivity index (χ0n) is 20.4. The second-order valence-electron chi connectivity index (χ2n) is 9.55. The molecule has 3 aromatic carbocycles. The van der Waals surface area contributed by atoms with Crippen molar-refractivity contribution in [2.45, 2.75) is 13.3 Å². The summed E-state index contributed by atoms with van der Waals surface area (Å²) < 4.78 is 5.76. The number of hydrazine groups is 1. The van der Waals surface area contributed by atoms with E-state index < -0.39 is 0 Å². The molecule has 3 heterocycles. The number of fused-ring (bicyclic) bond motifs is 2. The van der Waals surface area contributed by atoms with Crippen molar-refractivity contribution in [2.75, 3.05) is 49.7 Å². The average Bonchev–Trinajstić information content (AvgIpc) is 3.49. The van der Waals surface area contributed by atoms with E-state index in [1.807, 2.05) is 48.3 Å². The standard InChI is InChI=1S/C28H28ClN5O2/c1-18-17-30-28(36-18)23-8-4-5-20-21(23)6-3-7-22(20)27(35)31-34-10-9-19-15-24(29)26(16-25(19)34)33-13-11-32(2)12-14-33/h3-8,15-17H,9-14H2,1-2H3,(H,31,35). The quantitative estimate of drug-likeness (QED) is 0.428. The fraction of sp³-hybridized carbons (Fsp3) is 0.286. The number of piperazine rings is 1. The maximum atomic E-state index is 13.5. The Kier molecular flexibility index (Phi) is 5.82. The van der Waals surface area contributed by atoms with Crippen LogP contribution >= 0.6 is 11.6 Å². The van der Waals surface area contributed by atoms with Gasteiger partial charge in [-0.25, -0.2) is 4.98 Å². The zero-order valence-corrected chi connectivity index (χ0v) is 21.2. The number of carbonyl (C=O) groups excluding carboxylic acids is 1. The lowest BCUT2D eigenvalue weighted by Crippen LogP contribution is -2.45. The number of anilines is 2. The number of hydrogen-bond acceptors (Lipinski definition) is 6. The lowest BCUT2D eigenvalue weighted by atomic mass is 9.99. The normalized spacial score (nSPS) is 16.0. The zero-order chi connectivity index (χ0) is 24.8. The van der Waals surface area contributed by atoms with Crippen molar-refractivity contribution < 1.29 is 9.21 Å². The Morgan fingerprint density at radius 3 is 2.56 bits per heavy atom. The van der Waals surface area contributed by atoms with Crippen LogP contribution in [0.1, 0.15) is 21.7 Å². The molecule has 4 aromatic rings. The predicted octanol–water partition coefficient (Wildman–Crippen LogP) is 4.92. The molecule has 1 N–H and O–H groups in total. The highest BCUT2D eigenvalue weighted by atomic mass is 35.5. The third-order valence-electron chi connectivity index (χ3n) is 7.14. The van der Waals surface area contributed by atoms with Crippen LogP contribution in [0, 0.1) is 6.92 Å². The number of amides is 1. The Morgan fingerprint density at radius 1 is 1.00 bits per heavy atom. The summed E-state index contributed by atoms with van der Waals surface area (Å²) in [6.07, 6.45) is 2.54. The minimum absolute atomic E-state index is 0.148. The second kappa shape index (κ2) is 9.15. The van der Waals surface area contributed by atoms with Crippen LogP contribution < -0.4 is 15.3 Å². The molecule has 0 aliphatic carbocycles. The van der Waals surface area contributed by atoms with Gasteiger partial charge in [-0.3, -0.25) is 15.2 Å². The van der Waals surface area contributed by atoms with Crippen LogP contribution in [0.3, 0.4) is 0 Å². The van der Waals surface area contributed by atoms with Gasteiger partial charge in [0.1, 0.15) is 5.76 Å². The van der Waals surface area contributed by atoms with Gasteiger partial charge in [0.15, 0.2) is 0 Å². The maximum absolute atomic E-state index is 13.5. The van der Waals surface area contributed by atoms with Gasteiger partial charge in [-0.1, -0.05) is 35.9 Å². The first kappa shape index (κ1) is 22.9. The van der Waals surface area contributed by atoms with Gasteiger partial charge in [-0.05, 0) is 61.0 Å². The summed E-state index contributed by atoms with van der Waals surface area (Å²) in [5, 5.41) is 4.51. The number of benzene rings is 3. The molecule has 0 radical (unpaired) electrons. The van der Waals surface area contributed by atoms with Gasteiger partial charge in [0.2, 0.25) is 5.89 Å². The number of carbonyl (C=O) groups is 1. The molecule has 2 aliphatic rings. The topological polar surface area (TPSA) is 64.9 Å². The molecule has 1 amide bonds. The van der Waals surface area contributed by atoms with Crippen molar-refractivity contribution in [3.63, 3.8) is 0 Å². The van der Waals surface area contributed by atoms with Crippen LogP contribution in [0.25, 0.3) is 22.2 Å². The summed E-state index contributed by atoms with van der Waals surface area (Å²) in [7, 11) is 2.14. The molecule has 1 aromatic heterocycles. The molecule has 0 saturated carbocycles. The first-order valence-corrected chi connectivity index (χ1v) is 12.6. The number of nitrogens with one attached hydrogen (secondary N) is 1. The van der Waals surface area contributed by atoms with Gasteiger partial charge in [0.05, 0.1) is 22.6 Å². The van der Waals surface area contributed by atoms with Crippen LogP contribution in [0.4, 0.5) is 11.4 Å². The van der Waals surface area contributed by atoms with E-state index in [-0.39, 0.29) is 5.91 Å². The minimum atomic E-state index is -0.148. The Morgan fingerprint density at radius 2 is 1.78 bits per heavy atom. The Balaban J connectivity index is 1.29. The van der Waals surface area contributed by atoms with E-state index in [1.165, 1.54) is 0 Å². The molecule has 36 heavy (non-hydrogen) atoms. The van der Waals surface area contributed by atoms with E-state index in [0.717, 1.165) is 76.7 Å². The first-order valence-electron chi connectivity index (χ1n) is 12.3. The molecule has 0 atom stereocenters. The van der Waals surface area contributed by atoms with Crippen molar-refractivity contribution in [2.24, 2.45) is 0 Å². The molecular formula is C28H28ClN5O2. The molecule has 8 heteroatoms. The maximum Gasteiger partial charge on any atom is 0.270 e. The largest absolute Gasteiger partial charge is 0.441 e. The third kappa shape index (κ3) is 4.08. The van der Waals surface area contributed by atoms with Crippen molar-refractivity contribution in [3.8, 4) is 11.5 Å². The van der Waals surface area contributed by atoms with Crippen LogP contribution in [0.2, 0.25) is 5.02 Å².